The molecule has 1 saturated heterocycles. The van der Waals surface area contributed by atoms with Crippen LogP contribution in [0.25, 0.3) is 0 Å². The molecule has 0 spiro atoms. The molecule has 1 heterocycles. The zero-order chi connectivity index (χ0) is 14.5. The Labute approximate surface area is 125 Å². The van der Waals surface area contributed by atoms with Crippen molar-refractivity contribution >= 4 is 0 Å². The van der Waals surface area contributed by atoms with Gasteiger partial charge >= 0.3 is 0 Å². The number of halogens is 1. The standard InChI is InChI=1S/C18H20FNO/c19-16-6-7-18(21-13-14-4-2-1-3-5-14)17(12-16)15-8-10-20-11-9-15/h1-7,12,15,20H,8-11,13H2. The molecule has 1 N–H and O–H groups in total. The Morgan fingerprint density at radius 3 is 2.57 bits per heavy atom. The number of ether oxygens (including phenoxy) is 1. The molecule has 21 heavy (non-hydrogen) atoms. The fourth-order valence-electron chi connectivity index (χ4n) is 2.84. The molecule has 0 amide bonds. The van der Waals surface area contributed by atoms with Crippen LogP contribution in [0.1, 0.15) is 29.9 Å². The molecule has 0 saturated carbocycles. The number of hydrogen-bond acceptors (Lipinski definition) is 2. The van der Waals surface area contributed by atoms with Crippen LogP contribution in [0.15, 0.2) is 48.5 Å². The smallest absolute Gasteiger partial charge is 0.123 e. The molecule has 2 aromatic rings. The van der Waals surface area contributed by atoms with E-state index in [0.717, 1.165) is 42.8 Å². The normalized spacial score (nSPS) is 15.9. The van der Waals surface area contributed by atoms with E-state index in [0.29, 0.717) is 12.5 Å². The predicted molar refractivity (Wildman–Crippen MR) is 82.0 cm³/mol. The van der Waals surface area contributed by atoms with Gasteiger partial charge in [-0.25, -0.2) is 4.39 Å². The third kappa shape index (κ3) is 3.61. The second kappa shape index (κ2) is 6.72. The molecule has 0 atom stereocenters. The summed E-state index contributed by atoms with van der Waals surface area (Å²) in [6.07, 6.45) is 2.07. The summed E-state index contributed by atoms with van der Waals surface area (Å²) in [5.41, 5.74) is 2.13. The molecule has 1 aliphatic heterocycles. The monoisotopic (exact) mass is 285 g/mol. The van der Waals surface area contributed by atoms with Crippen LogP contribution in [-0.4, -0.2) is 13.1 Å². The van der Waals surface area contributed by atoms with Crippen LogP contribution in [-0.2, 0) is 6.61 Å². The summed E-state index contributed by atoms with van der Waals surface area (Å²) in [7, 11) is 0. The van der Waals surface area contributed by atoms with Crippen molar-refractivity contribution in [2.75, 3.05) is 13.1 Å². The predicted octanol–water partition coefficient (Wildman–Crippen LogP) is 3.87. The molecule has 0 bridgehead atoms. The van der Waals surface area contributed by atoms with Crippen molar-refractivity contribution in [3.05, 3.63) is 65.5 Å². The van der Waals surface area contributed by atoms with Gasteiger partial charge in [-0.05, 0) is 55.6 Å². The molecule has 0 aromatic heterocycles. The molecule has 0 unspecified atom stereocenters. The van der Waals surface area contributed by atoms with E-state index in [4.69, 9.17) is 4.74 Å². The highest BCUT2D eigenvalue weighted by atomic mass is 19.1. The lowest BCUT2D eigenvalue weighted by Crippen LogP contribution is -2.26. The number of benzene rings is 2. The number of piperidine rings is 1. The molecular weight excluding hydrogens is 265 g/mol. The Balaban J connectivity index is 1.77. The first-order valence-corrected chi connectivity index (χ1v) is 7.50. The SMILES string of the molecule is Fc1ccc(OCc2ccccc2)c(C2CCNCC2)c1. The van der Waals surface area contributed by atoms with E-state index in [-0.39, 0.29) is 5.82 Å². The highest BCUT2D eigenvalue weighted by molar-refractivity contribution is 5.37. The first-order valence-electron chi connectivity index (χ1n) is 7.50. The molecule has 1 aliphatic rings. The second-order valence-corrected chi connectivity index (χ2v) is 5.48. The topological polar surface area (TPSA) is 21.3 Å². The van der Waals surface area contributed by atoms with Gasteiger partial charge in [0.05, 0.1) is 0 Å². The Bertz CT molecular complexity index is 579. The lowest BCUT2D eigenvalue weighted by atomic mass is 9.89. The van der Waals surface area contributed by atoms with E-state index >= 15 is 0 Å². The fraction of sp³-hybridized carbons (Fsp3) is 0.333. The molecule has 0 radical (unpaired) electrons. The summed E-state index contributed by atoms with van der Waals surface area (Å²) in [5.74, 6) is 1.01. The van der Waals surface area contributed by atoms with Crippen LogP contribution in [0, 0.1) is 5.82 Å². The van der Waals surface area contributed by atoms with E-state index in [2.05, 4.69) is 5.32 Å². The van der Waals surface area contributed by atoms with E-state index < -0.39 is 0 Å². The Morgan fingerprint density at radius 2 is 1.81 bits per heavy atom. The summed E-state index contributed by atoms with van der Waals surface area (Å²) >= 11 is 0. The van der Waals surface area contributed by atoms with Crippen molar-refractivity contribution in [3.8, 4) is 5.75 Å². The summed E-state index contributed by atoms with van der Waals surface area (Å²) in [4.78, 5) is 0. The van der Waals surface area contributed by atoms with E-state index in [1.807, 2.05) is 30.3 Å². The highest BCUT2D eigenvalue weighted by Gasteiger charge is 2.19. The lowest BCUT2D eigenvalue weighted by Gasteiger charge is -2.25. The van der Waals surface area contributed by atoms with Crippen molar-refractivity contribution in [3.63, 3.8) is 0 Å². The maximum atomic E-state index is 13.6. The maximum absolute atomic E-state index is 13.6. The van der Waals surface area contributed by atoms with Gasteiger partial charge in [-0.3, -0.25) is 0 Å². The minimum absolute atomic E-state index is 0.185. The van der Waals surface area contributed by atoms with Gasteiger partial charge in [0.1, 0.15) is 18.2 Å². The zero-order valence-corrected chi connectivity index (χ0v) is 12.0. The van der Waals surface area contributed by atoms with Crippen LogP contribution in [0.4, 0.5) is 4.39 Å². The lowest BCUT2D eigenvalue weighted by molar-refractivity contribution is 0.297. The number of hydrogen-bond donors (Lipinski definition) is 1. The molecule has 1 fully saturated rings. The Hall–Kier alpha value is -1.87. The minimum atomic E-state index is -0.185. The van der Waals surface area contributed by atoms with E-state index in [9.17, 15) is 4.39 Å². The largest absolute Gasteiger partial charge is 0.489 e. The van der Waals surface area contributed by atoms with Gasteiger partial charge in [-0.15, -0.1) is 0 Å². The summed E-state index contributed by atoms with van der Waals surface area (Å²) < 4.78 is 19.5. The first-order chi connectivity index (χ1) is 10.3. The van der Waals surface area contributed by atoms with Crippen molar-refractivity contribution < 1.29 is 9.13 Å². The molecule has 2 nitrogen and oxygen atoms in total. The fourth-order valence-corrected chi connectivity index (χ4v) is 2.84. The van der Waals surface area contributed by atoms with Crippen LogP contribution in [0.5, 0.6) is 5.75 Å². The third-order valence-electron chi connectivity index (χ3n) is 3.99. The average molecular weight is 285 g/mol. The van der Waals surface area contributed by atoms with Gasteiger partial charge in [-0.2, -0.15) is 0 Å². The van der Waals surface area contributed by atoms with Gasteiger partial charge < -0.3 is 10.1 Å². The zero-order valence-electron chi connectivity index (χ0n) is 12.0. The van der Waals surface area contributed by atoms with Gasteiger partial charge in [0, 0.05) is 5.56 Å². The Morgan fingerprint density at radius 1 is 1.05 bits per heavy atom. The van der Waals surface area contributed by atoms with E-state index in [1.54, 1.807) is 12.1 Å². The molecule has 0 aliphatic carbocycles. The highest BCUT2D eigenvalue weighted by Crippen LogP contribution is 2.33. The molecule has 3 rings (SSSR count). The molecule has 3 heteroatoms. The first kappa shape index (κ1) is 14.1. The summed E-state index contributed by atoms with van der Waals surface area (Å²) in [6, 6.07) is 14.9. The third-order valence-corrected chi connectivity index (χ3v) is 3.99. The van der Waals surface area contributed by atoms with Gasteiger partial charge in [0.2, 0.25) is 0 Å². The maximum Gasteiger partial charge on any atom is 0.123 e. The number of rotatable bonds is 4. The average Bonchev–Trinajstić information content (AvgIpc) is 2.55. The van der Waals surface area contributed by atoms with Crippen LogP contribution in [0.2, 0.25) is 0 Å². The Kier molecular flexibility index (Phi) is 4.51. The van der Waals surface area contributed by atoms with Crippen LogP contribution in [0.3, 0.4) is 0 Å². The van der Waals surface area contributed by atoms with Gasteiger partial charge in [-0.1, -0.05) is 30.3 Å². The summed E-state index contributed by atoms with van der Waals surface area (Å²) in [5, 5.41) is 3.34. The quantitative estimate of drug-likeness (QED) is 0.920. The van der Waals surface area contributed by atoms with Gasteiger partial charge in [0.25, 0.3) is 0 Å². The summed E-state index contributed by atoms with van der Waals surface area (Å²) in [6.45, 7) is 2.49. The number of nitrogens with one attached hydrogen (secondary N) is 1. The molecular formula is C18H20FNO. The second-order valence-electron chi connectivity index (χ2n) is 5.48. The van der Waals surface area contributed by atoms with E-state index in [1.165, 1.54) is 6.07 Å². The van der Waals surface area contributed by atoms with Crippen molar-refractivity contribution in [1.82, 2.24) is 5.32 Å². The van der Waals surface area contributed by atoms with Gasteiger partial charge in [0.15, 0.2) is 0 Å². The van der Waals surface area contributed by atoms with Crippen molar-refractivity contribution in [2.45, 2.75) is 25.4 Å². The minimum Gasteiger partial charge on any atom is -0.489 e. The van der Waals surface area contributed by atoms with Crippen molar-refractivity contribution in [1.29, 1.82) is 0 Å². The van der Waals surface area contributed by atoms with Crippen LogP contribution < -0.4 is 10.1 Å². The molecule has 110 valence electrons. The molecule has 2 aromatic carbocycles. The van der Waals surface area contributed by atoms with Crippen LogP contribution >= 0.6 is 0 Å². The van der Waals surface area contributed by atoms with Crippen molar-refractivity contribution in [2.24, 2.45) is 0 Å².